The fourth-order valence-electron chi connectivity index (χ4n) is 3.03. The van der Waals surface area contributed by atoms with Crippen molar-refractivity contribution in [1.82, 2.24) is 4.90 Å². The highest BCUT2D eigenvalue weighted by atomic mass is 16.2. The average Bonchev–Trinajstić information content (AvgIpc) is 2.62. The molecule has 112 valence electrons. The predicted molar refractivity (Wildman–Crippen MR) is 80.9 cm³/mol. The van der Waals surface area contributed by atoms with E-state index < -0.39 is 5.54 Å². The molecule has 0 aromatic rings. The van der Waals surface area contributed by atoms with Gasteiger partial charge in [-0.3, -0.25) is 4.79 Å². The van der Waals surface area contributed by atoms with Crippen LogP contribution in [0.3, 0.4) is 0 Å². The number of carbonyl (C=O) groups excluding carboxylic acids is 1. The zero-order valence-corrected chi connectivity index (χ0v) is 13.5. The number of amides is 1. The van der Waals surface area contributed by atoms with Crippen molar-refractivity contribution in [3.05, 3.63) is 0 Å². The second-order valence-corrected chi connectivity index (χ2v) is 7.15. The summed E-state index contributed by atoms with van der Waals surface area (Å²) >= 11 is 0. The summed E-state index contributed by atoms with van der Waals surface area (Å²) in [7, 11) is 0. The van der Waals surface area contributed by atoms with Gasteiger partial charge in [-0.1, -0.05) is 34.6 Å². The van der Waals surface area contributed by atoms with Crippen LogP contribution in [0.2, 0.25) is 0 Å². The Morgan fingerprint density at radius 3 is 2.21 bits per heavy atom. The molecule has 0 spiro atoms. The van der Waals surface area contributed by atoms with E-state index in [9.17, 15) is 4.79 Å². The smallest absolute Gasteiger partial charge is 0.242 e. The highest BCUT2D eigenvalue weighted by Crippen LogP contribution is 2.34. The van der Waals surface area contributed by atoms with Gasteiger partial charge in [0.25, 0.3) is 0 Å². The fourth-order valence-corrected chi connectivity index (χ4v) is 3.03. The van der Waals surface area contributed by atoms with E-state index in [0.29, 0.717) is 11.3 Å². The first-order chi connectivity index (χ1) is 8.74. The molecule has 1 amide bonds. The van der Waals surface area contributed by atoms with Crippen LogP contribution in [-0.4, -0.2) is 29.4 Å². The first-order valence-electron chi connectivity index (χ1n) is 7.83. The Morgan fingerprint density at radius 1 is 1.16 bits per heavy atom. The summed E-state index contributed by atoms with van der Waals surface area (Å²) in [6.45, 7) is 12.7. The average molecular weight is 268 g/mol. The lowest BCUT2D eigenvalue weighted by Crippen LogP contribution is -2.54. The van der Waals surface area contributed by atoms with Crippen LogP contribution in [0.4, 0.5) is 0 Å². The predicted octanol–water partition coefficient (Wildman–Crippen LogP) is 3.18. The summed E-state index contributed by atoms with van der Waals surface area (Å²) in [4.78, 5) is 14.6. The van der Waals surface area contributed by atoms with Gasteiger partial charge in [0, 0.05) is 13.1 Å². The molecular formula is C16H32N2O. The van der Waals surface area contributed by atoms with Crippen LogP contribution >= 0.6 is 0 Å². The molecule has 1 unspecified atom stereocenters. The van der Waals surface area contributed by atoms with Gasteiger partial charge < -0.3 is 10.6 Å². The van der Waals surface area contributed by atoms with Crippen molar-refractivity contribution < 1.29 is 4.79 Å². The largest absolute Gasteiger partial charge is 0.341 e. The maximum Gasteiger partial charge on any atom is 0.242 e. The van der Waals surface area contributed by atoms with Gasteiger partial charge in [0.1, 0.15) is 0 Å². The zero-order chi connectivity index (χ0) is 14.7. The third-order valence-corrected chi connectivity index (χ3v) is 4.93. The molecule has 0 aromatic heterocycles. The van der Waals surface area contributed by atoms with Gasteiger partial charge in [0.15, 0.2) is 0 Å². The molecule has 2 N–H and O–H groups in total. The first-order valence-corrected chi connectivity index (χ1v) is 7.83. The van der Waals surface area contributed by atoms with Crippen LogP contribution < -0.4 is 5.73 Å². The summed E-state index contributed by atoms with van der Waals surface area (Å²) in [5.74, 6) is 0.868. The number of likely N-dealkylation sites (tertiary alicyclic amines) is 1. The molecule has 1 aliphatic rings. The number of hydrogen-bond acceptors (Lipinski definition) is 2. The Bertz CT molecular complexity index is 302. The highest BCUT2D eigenvalue weighted by Gasteiger charge is 2.36. The minimum Gasteiger partial charge on any atom is -0.341 e. The van der Waals surface area contributed by atoms with Crippen molar-refractivity contribution in [2.75, 3.05) is 13.1 Å². The number of carbonyl (C=O) groups is 1. The van der Waals surface area contributed by atoms with Crippen molar-refractivity contribution in [3.8, 4) is 0 Å². The number of nitrogens with two attached hydrogens (primary N) is 1. The second-order valence-electron chi connectivity index (χ2n) is 7.15. The molecule has 0 radical (unpaired) electrons. The van der Waals surface area contributed by atoms with Crippen LogP contribution in [0.1, 0.15) is 66.7 Å². The maximum atomic E-state index is 12.6. The lowest BCUT2D eigenvalue weighted by Gasteiger charge is -2.33. The Hall–Kier alpha value is -0.570. The lowest BCUT2D eigenvalue weighted by molar-refractivity contribution is -0.137. The lowest BCUT2D eigenvalue weighted by atomic mass is 9.77. The molecule has 1 heterocycles. The minimum atomic E-state index is -0.651. The van der Waals surface area contributed by atoms with E-state index >= 15 is 0 Å². The molecule has 1 saturated heterocycles. The number of rotatable bonds is 3. The molecule has 19 heavy (non-hydrogen) atoms. The van der Waals surface area contributed by atoms with Gasteiger partial charge in [-0.15, -0.1) is 0 Å². The molecule has 1 aliphatic heterocycles. The third kappa shape index (κ3) is 3.95. The van der Waals surface area contributed by atoms with Crippen molar-refractivity contribution in [2.24, 2.45) is 17.1 Å². The highest BCUT2D eigenvalue weighted by molar-refractivity contribution is 5.86. The molecule has 3 nitrogen and oxygen atoms in total. The van der Waals surface area contributed by atoms with Crippen LogP contribution in [0.5, 0.6) is 0 Å². The molecule has 1 rings (SSSR count). The summed E-state index contributed by atoms with van der Waals surface area (Å²) in [6.07, 6.45) is 4.89. The molecule has 0 bridgehead atoms. The van der Waals surface area contributed by atoms with E-state index in [1.54, 1.807) is 0 Å². The maximum absolute atomic E-state index is 12.6. The number of hydrogen-bond donors (Lipinski definition) is 1. The van der Waals surface area contributed by atoms with Gasteiger partial charge in [-0.05, 0) is 43.4 Å². The van der Waals surface area contributed by atoms with Gasteiger partial charge in [-0.25, -0.2) is 0 Å². The first kappa shape index (κ1) is 16.5. The molecule has 3 heteroatoms. The molecule has 0 aliphatic carbocycles. The Balaban J connectivity index is 2.70. The summed E-state index contributed by atoms with van der Waals surface area (Å²) in [6, 6.07) is 0. The van der Waals surface area contributed by atoms with Crippen molar-refractivity contribution in [1.29, 1.82) is 0 Å². The monoisotopic (exact) mass is 268 g/mol. The Morgan fingerprint density at radius 2 is 1.74 bits per heavy atom. The van der Waals surface area contributed by atoms with E-state index in [4.69, 9.17) is 5.73 Å². The van der Waals surface area contributed by atoms with E-state index in [1.807, 2.05) is 18.7 Å². The molecule has 0 aromatic carbocycles. The minimum absolute atomic E-state index is 0.159. The van der Waals surface area contributed by atoms with Gasteiger partial charge in [-0.2, -0.15) is 0 Å². The van der Waals surface area contributed by atoms with Crippen LogP contribution in [-0.2, 0) is 4.79 Å². The molecule has 0 saturated carbocycles. The molecule has 1 fully saturated rings. The van der Waals surface area contributed by atoms with Gasteiger partial charge >= 0.3 is 0 Å². The Kier molecular flexibility index (Phi) is 5.43. The molecule has 1 atom stereocenters. The second kappa shape index (κ2) is 6.25. The number of nitrogens with zero attached hydrogens (tertiary/aromatic N) is 1. The fraction of sp³-hybridized carbons (Fsp3) is 0.938. The van der Waals surface area contributed by atoms with E-state index in [-0.39, 0.29) is 5.91 Å². The topological polar surface area (TPSA) is 46.3 Å². The summed E-state index contributed by atoms with van der Waals surface area (Å²) < 4.78 is 0. The van der Waals surface area contributed by atoms with Crippen molar-refractivity contribution in [3.63, 3.8) is 0 Å². The summed E-state index contributed by atoms with van der Waals surface area (Å²) in [5.41, 5.74) is 5.94. The third-order valence-electron chi connectivity index (χ3n) is 4.93. The zero-order valence-electron chi connectivity index (χ0n) is 13.5. The summed E-state index contributed by atoms with van der Waals surface area (Å²) in [5, 5.41) is 0. The van der Waals surface area contributed by atoms with Crippen LogP contribution in [0.25, 0.3) is 0 Å². The van der Waals surface area contributed by atoms with Crippen LogP contribution in [0, 0.1) is 11.3 Å². The standard InChI is InChI=1S/C16H32N2O/c1-6-16(17,7-2)14(19)18-11-8-9-13(10-12-18)15(3,4)5/h13H,6-12,17H2,1-5H3. The van der Waals surface area contributed by atoms with E-state index in [1.165, 1.54) is 6.42 Å². The SMILES string of the molecule is CCC(N)(CC)C(=O)N1CCCC(C(C)(C)C)CC1. The van der Waals surface area contributed by atoms with Gasteiger partial charge in [0.2, 0.25) is 5.91 Å². The quantitative estimate of drug-likeness (QED) is 0.854. The van der Waals surface area contributed by atoms with E-state index in [2.05, 4.69) is 20.8 Å². The normalized spacial score (nSPS) is 22.2. The van der Waals surface area contributed by atoms with Crippen LogP contribution in [0.15, 0.2) is 0 Å². The molecular weight excluding hydrogens is 236 g/mol. The van der Waals surface area contributed by atoms with Crippen molar-refractivity contribution >= 4 is 5.91 Å². The van der Waals surface area contributed by atoms with Gasteiger partial charge in [0.05, 0.1) is 5.54 Å². The Labute approximate surface area is 118 Å². The van der Waals surface area contributed by atoms with E-state index in [0.717, 1.165) is 38.8 Å². The van der Waals surface area contributed by atoms with Crippen molar-refractivity contribution in [2.45, 2.75) is 72.3 Å².